The van der Waals surface area contributed by atoms with Crippen molar-refractivity contribution in [3.05, 3.63) is 242 Å². The second kappa shape index (κ2) is 16.5. The normalized spacial score (nSPS) is 11.4. The van der Waals surface area contributed by atoms with E-state index in [1.807, 2.05) is 36.4 Å². The Labute approximate surface area is 402 Å². The number of para-hydroxylation sites is 4. The molecule has 0 amide bonds. The first-order chi connectivity index (χ1) is 34.6. The van der Waals surface area contributed by atoms with Gasteiger partial charge in [0.15, 0.2) is 11.2 Å². The molecular formula is C64H38N4O2. The maximum Gasteiger partial charge on any atom is 0.158 e. The summed E-state index contributed by atoms with van der Waals surface area (Å²) in [5.41, 5.74) is 13.0. The van der Waals surface area contributed by atoms with Gasteiger partial charge in [-0.2, -0.15) is 10.5 Å². The highest BCUT2D eigenvalue weighted by Gasteiger charge is 2.27. The quantitative estimate of drug-likeness (QED) is 0.151. The third-order valence-electron chi connectivity index (χ3n) is 13.4. The maximum atomic E-state index is 11.1. The number of nitrogens with zero attached hydrogens (tertiary/aromatic N) is 4. The standard InChI is InChI=1S/C64H38N4O2/c65-39-55-61-53-35-43-29-31-49(67(47-21-9-3-10-22-47)57-27-15-13-25-51(57)41-17-5-1-6-18-41)33-45(43)37-59(53)69-63(61)56(40-66)64-62(55)54-36-44-30-32-50(34-46(44)38-60(54)70-64)68(48-23-11-4-12-24-48)58-28-16-14-26-52(58)42-19-7-2-8-20-42/h1-38H. The molecule has 0 N–H and O–H groups in total. The van der Waals surface area contributed by atoms with Crippen molar-refractivity contribution in [3.63, 3.8) is 0 Å². The van der Waals surface area contributed by atoms with Gasteiger partial charge >= 0.3 is 0 Å². The lowest BCUT2D eigenvalue weighted by Crippen LogP contribution is -2.11. The van der Waals surface area contributed by atoms with Gasteiger partial charge in [-0.1, -0.05) is 146 Å². The molecule has 13 aromatic rings. The largest absolute Gasteiger partial charge is 0.454 e. The number of hydrogen-bond donors (Lipinski definition) is 0. The van der Waals surface area contributed by atoms with Crippen LogP contribution >= 0.6 is 0 Å². The molecule has 0 saturated carbocycles. The number of furan rings is 2. The molecule has 2 aromatic heterocycles. The van der Waals surface area contributed by atoms with Gasteiger partial charge < -0.3 is 18.6 Å². The fourth-order valence-corrected chi connectivity index (χ4v) is 10.3. The Hall–Kier alpha value is -9.88. The summed E-state index contributed by atoms with van der Waals surface area (Å²) in [6.45, 7) is 0. The summed E-state index contributed by atoms with van der Waals surface area (Å²) in [5, 5.41) is 28.6. The van der Waals surface area contributed by atoms with Gasteiger partial charge in [0.2, 0.25) is 0 Å². The average Bonchev–Trinajstić information content (AvgIpc) is 3.98. The van der Waals surface area contributed by atoms with Crippen LogP contribution in [0.2, 0.25) is 0 Å². The zero-order valence-electron chi connectivity index (χ0n) is 37.5. The fourth-order valence-electron chi connectivity index (χ4n) is 10.3. The molecule has 0 spiro atoms. The topological polar surface area (TPSA) is 80.3 Å². The van der Waals surface area contributed by atoms with Crippen LogP contribution in [0.4, 0.5) is 34.1 Å². The second-order valence-corrected chi connectivity index (χ2v) is 17.5. The van der Waals surface area contributed by atoms with E-state index < -0.39 is 0 Å². The summed E-state index contributed by atoms with van der Waals surface area (Å²) >= 11 is 0. The van der Waals surface area contributed by atoms with Crippen LogP contribution in [0.15, 0.2) is 239 Å². The lowest BCUT2D eigenvalue weighted by Gasteiger charge is -2.28. The summed E-state index contributed by atoms with van der Waals surface area (Å²) in [7, 11) is 0. The second-order valence-electron chi connectivity index (χ2n) is 17.5. The van der Waals surface area contributed by atoms with Crippen molar-refractivity contribution < 1.29 is 8.83 Å². The minimum atomic E-state index is 0.256. The first-order valence-electron chi connectivity index (χ1n) is 23.2. The SMILES string of the molecule is N#Cc1c2oc3cc4cc(N(c5ccccc5)c5ccccc5-c5ccccc5)ccc4cc3c2c(C#N)c2c1oc1cc3cc(N(c4ccccc4)c4ccccc4-c4ccccc4)ccc3cc12. The van der Waals surface area contributed by atoms with E-state index in [0.717, 1.165) is 88.7 Å². The molecular weight excluding hydrogens is 857 g/mol. The first-order valence-corrected chi connectivity index (χ1v) is 23.2. The smallest absolute Gasteiger partial charge is 0.158 e. The summed E-state index contributed by atoms with van der Waals surface area (Å²) < 4.78 is 13.3. The van der Waals surface area contributed by atoms with E-state index in [-0.39, 0.29) is 5.56 Å². The fraction of sp³-hybridized carbons (Fsp3) is 0. The van der Waals surface area contributed by atoms with Gasteiger partial charge in [0, 0.05) is 55.4 Å². The molecule has 0 aliphatic heterocycles. The highest BCUT2D eigenvalue weighted by atomic mass is 16.3. The van der Waals surface area contributed by atoms with Crippen molar-refractivity contribution >= 4 is 99.5 Å². The predicted molar refractivity (Wildman–Crippen MR) is 286 cm³/mol. The number of nitriles is 2. The molecule has 0 saturated heterocycles. The molecule has 2 heterocycles. The highest BCUT2D eigenvalue weighted by Crippen LogP contribution is 2.47. The van der Waals surface area contributed by atoms with Crippen LogP contribution < -0.4 is 9.80 Å². The minimum absolute atomic E-state index is 0.256. The van der Waals surface area contributed by atoms with Gasteiger partial charge in [-0.15, -0.1) is 0 Å². The van der Waals surface area contributed by atoms with Crippen molar-refractivity contribution in [1.82, 2.24) is 0 Å². The highest BCUT2D eigenvalue weighted by molar-refractivity contribution is 6.24. The lowest BCUT2D eigenvalue weighted by atomic mass is 9.96. The van der Waals surface area contributed by atoms with Crippen LogP contribution in [0.25, 0.3) is 87.7 Å². The molecule has 0 fully saturated rings. The minimum Gasteiger partial charge on any atom is -0.454 e. The van der Waals surface area contributed by atoms with Crippen LogP contribution in [0, 0.1) is 22.7 Å². The molecule has 6 heteroatoms. The molecule has 0 aliphatic carbocycles. The molecule has 326 valence electrons. The molecule has 0 radical (unpaired) electrons. The summed E-state index contributed by atoms with van der Waals surface area (Å²) in [6, 6.07) is 84.5. The zero-order valence-corrected chi connectivity index (χ0v) is 37.5. The molecule has 0 unspecified atom stereocenters. The Bertz CT molecular complexity index is 4000. The molecule has 70 heavy (non-hydrogen) atoms. The molecule has 11 aromatic carbocycles. The zero-order chi connectivity index (χ0) is 46.7. The lowest BCUT2D eigenvalue weighted by molar-refractivity contribution is 0.654. The third-order valence-corrected chi connectivity index (χ3v) is 13.4. The molecule has 0 atom stereocenters. The van der Waals surface area contributed by atoms with Crippen LogP contribution in [0.5, 0.6) is 0 Å². The third kappa shape index (κ3) is 6.55. The van der Waals surface area contributed by atoms with E-state index in [9.17, 15) is 10.5 Å². The number of hydrogen-bond acceptors (Lipinski definition) is 6. The Morgan fingerprint density at radius 1 is 0.329 bits per heavy atom. The van der Waals surface area contributed by atoms with Gasteiger partial charge in [0.05, 0.1) is 16.9 Å². The molecule has 0 aliphatic rings. The van der Waals surface area contributed by atoms with Gasteiger partial charge in [-0.25, -0.2) is 0 Å². The summed E-state index contributed by atoms with van der Waals surface area (Å²) in [4.78, 5) is 4.56. The van der Waals surface area contributed by atoms with Crippen molar-refractivity contribution in [3.8, 4) is 34.4 Å². The summed E-state index contributed by atoms with van der Waals surface area (Å²) in [6.07, 6.45) is 0. The average molecular weight is 895 g/mol. The van der Waals surface area contributed by atoms with Crippen LogP contribution in [0.1, 0.15) is 11.1 Å². The van der Waals surface area contributed by atoms with E-state index >= 15 is 0 Å². The van der Waals surface area contributed by atoms with Crippen LogP contribution in [0.3, 0.4) is 0 Å². The van der Waals surface area contributed by atoms with E-state index in [0.29, 0.717) is 38.7 Å². The van der Waals surface area contributed by atoms with E-state index in [1.54, 1.807) is 0 Å². The Balaban J connectivity index is 0.959. The Morgan fingerprint density at radius 3 is 1.13 bits per heavy atom. The number of benzene rings is 11. The van der Waals surface area contributed by atoms with Crippen molar-refractivity contribution in [2.24, 2.45) is 0 Å². The monoisotopic (exact) mass is 894 g/mol. The molecule has 6 nitrogen and oxygen atoms in total. The number of rotatable bonds is 8. The van der Waals surface area contributed by atoms with Gasteiger partial charge in [-0.05, 0) is 118 Å². The summed E-state index contributed by atoms with van der Waals surface area (Å²) in [5.74, 6) is 0. The van der Waals surface area contributed by atoms with Crippen LogP contribution in [-0.2, 0) is 0 Å². The van der Waals surface area contributed by atoms with E-state index in [2.05, 4.69) is 216 Å². The first kappa shape index (κ1) is 40.4. The Morgan fingerprint density at radius 2 is 0.714 bits per heavy atom. The molecule has 13 rings (SSSR count). The van der Waals surface area contributed by atoms with Gasteiger partial charge in [-0.3, -0.25) is 0 Å². The Kier molecular flexibility index (Phi) is 9.50. The van der Waals surface area contributed by atoms with Gasteiger partial charge in [0.25, 0.3) is 0 Å². The van der Waals surface area contributed by atoms with Crippen molar-refractivity contribution in [1.29, 1.82) is 10.5 Å². The van der Waals surface area contributed by atoms with E-state index in [1.165, 1.54) is 0 Å². The molecule has 0 bridgehead atoms. The number of anilines is 6. The predicted octanol–water partition coefficient (Wildman–Crippen LogP) is 17.8. The van der Waals surface area contributed by atoms with Crippen molar-refractivity contribution in [2.75, 3.05) is 9.80 Å². The number of fused-ring (bicyclic) bond motifs is 8. The maximum absolute atomic E-state index is 11.1. The van der Waals surface area contributed by atoms with Crippen molar-refractivity contribution in [2.45, 2.75) is 0 Å². The van der Waals surface area contributed by atoms with Crippen LogP contribution in [-0.4, -0.2) is 0 Å². The van der Waals surface area contributed by atoms with E-state index in [4.69, 9.17) is 8.83 Å². The van der Waals surface area contributed by atoms with Gasteiger partial charge in [0.1, 0.15) is 28.9 Å².